The molecule has 0 saturated heterocycles. The first-order valence-corrected chi connectivity index (χ1v) is 6.42. The van der Waals surface area contributed by atoms with Gasteiger partial charge in [0, 0.05) is 22.4 Å². The second-order valence-electron chi connectivity index (χ2n) is 4.09. The third-order valence-electron chi connectivity index (χ3n) is 2.55. The van der Waals surface area contributed by atoms with Gasteiger partial charge in [-0.05, 0) is 24.3 Å². The molecule has 2 N–H and O–H groups in total. The molecule has 0 fully saturated rings. The smallest absolute Gasteiger partial charge is 0.259 e. The summed E-state index contributed by atoms with van der Waals surface area (Å²) in [5.74, 6) is 0.189. The second-order valence-corrected chi connectivity index (χ2v) is 5.00. The number of halogens is 2. The zero-order chi connectivity index (χ0) is 14.1. The SMILES string of the molecule is Nc1cncc(-c2nc(-c3cc(F)cc(Br)c3)no2)c1. The van der Waals surface area contributed by atoms with Crippen LogP contribution in [0.1, 0.15) is 0 Å². The Kier molecular flexibility index (Phi) is 3.19. The molecule has 3 rings (SSSR count). The summed E-state index contributed by atoms with van der Waals surface area (Å²) >= 11 is 3.22. The van der Waals surface area contributed by atoms with Crippen LogP contribution in [0.15, 0.2) is 45.7 Å². The Morgan fingerprint density at radius 2 is 1.95 bits per heavy atom. The van der Waals surface area contributed by atoms with Gasteiger partial charge >= 0.3 is 0 Å². The molecular weight excluding hydrogens is 327 g/mol. The first-order chi connectivity index (χ1) is 9.61. The number of pyridine rings is 1. The van der Waals surface area contributed by atoms with Crippen LogP contribution in [0.3, 0.4) is 0 Å². The third-order valence-corrected chi connectivity index (χ3v) is 3.01. The average molecular weight is 335 g/mol. The maximum Gasteiger partial charge on any atom is 0.259 e. The molecule has 0 amide bonds. The normalized spacial score (nSPS) is 10.7. The molecule has 20 heavy (non-hydrogen) atoms. The molecule has 0 aliphatic carbocycles. The molecule has 0 aliphatic rings. The van der Waals surface area contributed by atoms with Crippen molar-refractivity contribution in [1.82, 2.24) is 15.1 Å². The number of hydrogen-bond acceptors (Lipinski definition) is 5. The van der Waals surface area contributed by atoms with Gasteiger partial charge in [0.05, 0.1) is 11.3 Å². The van der Waals surface area contributed by atoms with Crippen LogP contribution in [0.25, 0.3) is 22.8 Å². The lowest BCUT2D eigenvalue weighted by Gasteiger charge is -1.96. The fraction of sp³-hybridized carbons (Fsp3) is 0. The summed E-state index contributed by atoms with van der Waals surface area (Å²) in [6, 6.07) is 6.06. The summed E-state index contributed by atoms with van der Waals surface area (Å²) in [7, 11) is 0. The number of aromatic nitrogens is 3. The van der Waals surface area contributed by atoms with Gasteiger partial charge in [-0.3, -0.25) is 4.98 Å². The van der Waals surface area contributed by atoms with Gasteiger partial charge in [-0.2, -0.15) is 4.98 Å². The highest BCUT2D eigenvalue weighted by Crippen LogP contribution is 2.25. The summed E-state index contributed by atoms with van der Waals surface area (Å²) < 4.78 is 19.1. The van der Waals surface area contributed by atoms with E-state index in [0.717, 1.165) is 0 Å². The molecule has 2 heterocycles. The van der Waals surface area contributed by atoms with Gasteiger partial charge in [0.2, 0.25) is 5.82 Å². The van der Waals surface area contributed by atoms with E-state index in [2.05, 4.69) is 31.1 Å². The largest absolute Gasteiger partial charge is 0.397 e. The lowest BCUT2D eigenvalue weighted by atomic mass is 10.2. The van der Waals surface area contributed by atoms with Crippen LogP contribution in [0.2, 0.25) is 0 Å². The third kappa shape index (κ3) is 2.53. The molecule has 0 radical (unpaired) electrons. The molecule has 0 aliphatic heterocycles. The Labute approximate surface area is 121 Å². The molecule has 0 bridgehead atoms. The number of benzene rings is 1. The maximum absolute atomic E-state index is 13.4. The van der Waals surface area contributed by atoms with E-state index >= 15 is 0 Å². The van der Waals surface area contributed by atoms with Crippen LogP contribution in [0.5, 0.6) is 0 Å². The van der Waals surface area contributed by atoms with Crippen LogP contribution in [-0.4, -0.2) is 15.1 Å². The number of nitrogen functional groups attached to an aromatic ring is 1. The number of anilines is 1. The van der Waals surface area contributed by atoms with E-state index in [-0.39, 0.29) is 11.7 Å². The van der Waals surface area contributed by atoms with E-state index in [0.29, 0.717) is 27.1 Å². The second kappa shape index (κ2) is 5.01. The van der Waals surface area contributed by atoms with E-state index in [9.17, 15) is 4.39 Å². The molecule has 0 spiro atoms. The molecular formula is C13H8BrFN4O. The van der Waals surface area contributed by atoms with Gasteiger partial charge in [-0.25, -0.2) is 4.39 Å². The van der Waals surface area contributed by atoms with Gasteiger partial charge in [0.15, 0.2) is 0 Å². The minimum absolute atomic E-state index is 0.278. The Hall–Kier alpha value is -2.28. The lowest BCUT2D eigenvalue weighted by molar-refractivity contribution is 0.432. The minimum atomic E-state index is -0.383. The number of nitrogens with zero attached hydrogens (tertiary/aromatic N) is 3. The molecule has 2 aromatic heterocycles. The highest BCUT2D eigenvalue weighted by Gasteiger charge is 2.12. The van der Waals surface area contributed by atoms with Crippen molar-refractivity contribution < 1.29 is 8.91 Å². The predicted molar refractivity (Wildman–Crippen MR) is 75.0 cm³/mol. The highest BCUT2D eigenvalue weighted by atomic mass is 79.9. The molecule has 0 atom stereocenters. The summed E-state index contributed by atoms with van der Waals surface area (Å²) in [5.41, 5.74) is 7.27. The monoisotopic (exact) mass is 334 g/mol. The molecule has 7 heteroatoms. The molecule has 0 unspecified atom stereocenters. The van der Waals surface area contributed by atoms with E-state index in [1.807, 2.05) is 0 Å². The van der Waals surface area contributed by atoms with Gasteiger partial charge in [-0.1, -0.05) is 21.1 Å². The number of rotatable bonds is 2. The van der Waals surface area contributed by atoms with Crippen LogP contribution < -0.4 is 5.73 Å². The highest BCUT2D eigenvalue weighted by molar-refractivity contribution is 9.10. The van der Waals surface area contributed by atoms with Crippen molar-refractivity contribution in [1.29, 1.82) is 0 Å². The van der Waals surface area contributed by atoms with Crippen molar-refractivity contribution in [2.75, 3.05) is 5.73 Å². The zero-order valence-corrected chi connectivity index (χ0v) is 11.6. The molecule has 100 valence electrons. The quantitative estimate of drug-likeness (QED) is 0.778. The molecule has 1 aromatic carbocycles. The average Bonchev–Trinajstić information content (AvgIpc) is 2.87. The maximum atomic E-state index is 13.4. The van der Waals surface area contributed by atoms with Crippen LogP contribution in [-0.2, 0) is 0 Å². The molecule has 5 nitrogen and oxygen atoms in total. The number of hydrogen-bond donors (Lipinski definition) is 1. The van der Waals surface area contributed by atoms with Crippen molar-refractivity contribution in [3.63, 3.8) is 0 Å². The molecule has 0 saturated carbocycles. The van der Waals surface area contributed by atoms with Crippen molar-refractivity contribution in [2.24, 2.45) is 0 Å². The first kappa shape index (κ1) is 12.7. The van der Waals surface area contributed by atoms with Crippen LogP contribution in [0.4, 0.5) is 10.1 Å². The summed E-state index contributed by atoms with van der Waals surface area (Å²) in [5, 5.41) is 3.83. The van der Waals surface area contributed by atoms with Crippen LogP contribution in [0, 0.1) is 5.82 Å². The summed E-state index contributed by atoms with van der Waals surface area (Å²) in [6.45, 7) is 0. The minimum Gasteiger partial charge on any atom is -0.397 e. The lowest BCUT2D eigenvalue weighted by Crippen LogP contribution is -1.88. The topological polar surface area (TPSA) is 77.8 Å². The van der Waals surface area contributed by atoms with Gasteiger partial charge in [-0.15, -0.1) is 0 Å². The zero-order valence-electron chi connectivity index (χ0n) is 10.0. The fourth-order valence-electron chi connectivity index (χ4n) is 1.72. The van der Waals surface area contributed by atoms with E-state index in [1.54, 1.807) is 18.3 Å². The van der Waals surface area contributed by atoms with E-state index in [4.69, 9.17) is 10.3 Å². The van der Waals surface area contributed by atoms with Crippen molar-refractivity contribution >= 4 is 21.6 Å². The fourth-order valence-corrected chi connectivity index (χ4v) is 2.18. The Morgan fingerprint density at radius 3 is 2.70 bits per heavy atom. The van der Waals surface area contributed by atoms with E-state index in [1.165, 1.54) is 18.3 Å². The van der Waals surface area contributed by atoms with Crippen molar-refractivity contribution in [2.45, 2.75) is 0 Å². The standard InChI is InChI=1S/C13H8BrFN4O/c14-9-1-7(2-10(15)4-9)12-18-13(20-19-12)8-3-11(16)6-17-5-8/h1-6H,16H2. The van der Waals surface area contributed by atoms with Gasteiger partial charge in [0.25, 0.3) is 5.89 Å². The summed E-state index contributed by atoms with van der Waals surface area (Å²) in [6.07, 6.45) is 3.08. The van der Waals surface area contributed by atoms with E-state index < -0.39 is 0 Å². The predicted octanol–water partition coefficient (Wildman–Crippen LogP) is 3.28. The number of nitrogens with two attached hydrogens (primary N) is 1. The summed E-state index contributed by atoms with van der Waals surface area (Å²) in [4.78, 5) is 8.16. The Balaban J connectivity index is 2.02. The molecule has 3 aromatic rings. The Bertz CT molecular complexity index is 754. The van der Waals surface area contributed by atoms with Crippen molar-refractivity contribution in [3.8, 4) is 22.8 Å². The Morgan fingerprint density at radius 1 is 1.10 bits per heavy atom. The van der Waals surface area contributed by atoms with Gasteiger partial charge < -0.3 is 10.3 Å². The van der Waals surface area contributed by atoms with Gasteiger partial charge in [0.1, 0.15) is 5.82 Å². The van der Waals surface area contributed by atoms with Crippen molar-refractivity contribution in [3.05, 3.63) is 46.9 Å². The van der Waals surface area contributed by atoms with Crippen LogP contribution >= 0.6 is 15.9 Å². The first-order valence-electron chi connectivity index (χ1n) is 5.63.